The van der Waals surface area contributed by atoms with Crippen molar-refractivity contribution in [3.63, 3.8) is 0 Å². The maximum absolute atomic E-state index is 12.4. The molecule has 1 heterocycles. The van der Waals surface area contributed by atoms with E-state index in [-0.39, 0.29) is 11.8 Å². The molecule has 0 radical (unpaired) electrons. The second kappa shape index (κ2) is 7.00. The van der Waals surface area contributed by atoms with Crippen LogP contribution in [0.25, 0.3) is 0 Å². The third-order valence-corrected chi connectivity index (χ3v) is 4.62. The van der Waals surface area contributed by atoms with E-state index in [2.05, 4.69) is 10.3 Å². The van der Waals surface area contributed by atoms with E-state index in [1.165, 1.54) is 11.3 Å². The Bertz CT molecular complexity index is 820. The molecule has 1 fully saturated rings. The predicted octanol–water partition coefficient (Wildman–Crippen LogP) is 2.14. The molecule has 3 rings (SSSR count). The minimum atomic E-state index is -0.409. The van der Waals surface area contributed by atoms with Crippen LogP contribution in [-0.4, -0.2) is 29.5 Å². The Labute approximate surface area is 143 Å². The van der Waals surface area contributed by atoms with Crippen molar-refractivity contribution in [2.75, 3.05) is 7.11 Å². The van der Waals surface area contributed by atoms with Gasteiger partial charge in [0, 0.05) is 23.2 Å². The van der Waals surface area contributed by atoms with Gasteiger partial charge in [0.2, 0.25) is 5.91 Å². The molecule has 7 heteroatoms. The van der Waals surface area contributed by atoms with Crippen LogP contribution in [0.3, 0.4) is 0 Å². The summed E-state index contributed by atoms with van der Waals surface area (Å²) in [5.74, 6) is 0.193. The lowest BCUT2D eigenvalue weighted by Gasteiger charge is -2.13. The summed E-state index contributed by atoms with van der Waals surface area (Å²) >= 11 is 1.33. The van der Waals surface area contributed by atoms with E-state index < -0.39 is 6.04 Å². The van der Waals surface area contributed by atoms with Gasteiger partial charge in [-0.3, -0.25) is 9.59 Å². The molecule has 1 N–H and O–H groups in total. The molecule has 6 nitrogen and oxygen atoms in total. The van der Waals surface area contributed by atoms with Crippen molar-refractivity contribution in [1.29, 1.82) is 0 Å². The van der Waals surface area contributed by atoms with Crippen LogP contribution < -0.4 is 14.9 Å². The number of nitrogens with one attached hydrogen (secondary N) is 1. The SMILES string of the molecule is COc1cccc(C(=O)N=c2sccn2[C@H](C)C(=O)NC2CC2)c1. The third kappa shape index (κ3) is 3.73. The van der Waals surface area contributed by atoms with Crippen molar-refractivity contribution >= 4 is 23.2 Å². The molecule has 0 aliphatic heterocycles. The van der Waals surface area contributed by atoms with E-state index in [1.54, 1.807) is 49.1 Å². The molecule has 1 aliphatic carbocycles. The molecule has 126 valence electrons. The molecule has 2 amide bonds. The van der Waals surface area contributed by atoms with Gasteiger partial charge in [-0.05, 0) is 38.0 Å². The number of nitrogens with zero attached hydrogens (tertiary/aromatic N) is 2. The van der Waals surface area contributed by atoms with E-state index in [1.807, 2.05) is 5.38 Å². The molecule has 0 unspecified atom stereocenters. The minimum absolute atomic E-state index is 0.0498. The number of aromatic nitrogens is 1. The highest BCUT2D eigenvalue weighted by Crippen LogP contribution is 2.20. The van der Waals surface area contributed by atoms with Crippen LogP contribution in [0.1, 0.15) is 36.2 Å². The van der Waals surface area contributed by atoms with E-state index in [0.29, 0.717) is 22.2 Å². The summed E-state index contributed by atoms with van der Waals surface area (Å²) in [6.07, 6.45) is 3.86. The molecule has 1 aliphatic rings. The van der Waals surface area contributed by atoms with Crippen molar-refractivity contribution in [1.82, 2.24) is 9.88 Å². The molecule has 1 aromatic heterocycles. The molecule has 0 spiro atoms. The number of hydrogen-bond acceptors (Lipinski definition) is 4. The van der Waals surface area contributed by atoms with Crippen LogP contribution >= 0.6 is 11.3 Å². The largest absolute Gasteiger partial charge is 0.497 e. The summed E-state index contributed by atoms with van der Waals surface area (Å²) in [5, 5.41) is 4.79. The lowest BCUT2D eigenvalue weighted by Crippen LogP contribution is -2.35. The average molecular weight is 345 g/mol. The van der Waals surface area contributed by atoms with E-state index >= 15 is 0 Å². The smallest absolute Gasteiger partial charge is 0.279 e. The number of hydrogen-bond donors (Lipinski definition) is 1. The highest BCUT2D eigenvalue weighted by atomic mass is 32.1. The van der Waals surface area contributed by atoms with Crippen LogP contribution in [-0.2, 0) is 4.79 Å². The van der Waals surface area contributed by atoms with Crippen LogP contribution in [0.5, 0.6) is 5.75 Å². The number of amides is 2. The molecule has 0 saturated heterocycles. The Morgan fingerprint density at radius 3 is 2.92 bits per heavy atom. The van der Waals surface area contributed by atoms with Gasteiger partial charge in [0.05, 0.1) is 7.11 Å². The van der Waals surface area contributed by atoms with Crippen molar-refractivity contribution in [2.45, 2.75) is 31.8 Å². The van der Waals surface area contributed by atoms with Gasteiger partial charge < -0.3 is 14.6 Å². The lowest BCUT2D eigenvalue weighted by atomic mass is 10.2. The van der Waals surface area contributed by atoms with Crippen molar-refractivity contribution < 1.29 is 14.3 Å². The zero-order valence-electron chi connectivity index (χ0n) is 13.6. The van der Waals surface area contributed by atoms with Gasteiger partial charge in [0.15, 0.2) is 4.80 Å². The Hall–Kier alpha value is -2.41. The van der Waals surface area contributed by atoms with Crippen LogP contribution in [0, 0.1) is 0 Å². The van der Waals surface area contributed by atoms with Crippen molar-refractivity contribution in [3.8, 4) is 5.75 Å². The number of methoxy groups -OCH3 is 1. The maximum Gasteiger partial charge on any atom is 0.279 e. The Morgan fingerprint density at radius 2 is 2.21 bits per heavy atom. The molecule has 2 aromatic rings. The maximum atomic E-state index is 12.4. The molecule has 1 saturated carbocycles. The Morgan fingerprint density at radius 1 is 1.42 bits per heavy atom. The number of benzene rings is 1. The van der Waals surface area contributed by atoms with Gasteiger partial charge in [-0.1, -0.05) is 6.07 Å². The zero-order chi connectivity index (χ0) is 17.1. The van der Waals surface area contributed by atoms with Crippen LogP contribution in [0.4, 0.5) is 0 Å². The summed E-state index contributed by atoms with van der Waals surface area (Å²) in [7, 11) is 1.55. The fourth-order valence-electron chi connectivity index (χ4n) is 2.24. The number of carbonyl (C=O) groups is 2. The summed E-state index contributed by atoms with van der Waals surface area (Å²) in [6, 6.07) is 6.75. The predicted molar refractivity (Wildman–Crippen MR) is 91.1 cm³/mol. The van der Waals surface area contributed by atoms with Gasteiger partial charge in [0.1, 0.15) is 11.8 Å². The lowest BCUT2D eigenvalue weighted by molar-refractivity contribution is -0.124. The number of thiazole rings is 1. The molecule has 1 aromatic carbocycles. The highest BCUT2D eigenvalue weighted by Gasteiger charge is 2.26. The Balaban J connectivity index is 1.83. The summed E-state index contributed by atoms with van der Waals surface area (Å²) in [4.78, 5) is 29.3. The fourth-order valence-corrected chi connectivity index (χ4v) is 3.03. The van der Waals surface area contributed by atoms with Gasteiger partial charge in [-0.15, -0.1) is 11.3 Å². The van der Waals surface area contributed by atoms with Crippen LogP contribution in [0.15, 0.2) is 40.8 Å². The van der Waals surface area contributed by atoms with Crippen molar-refractivity contribution in [2.24, 2.45) is 4.99 Å². The molecule has 0 bridgehead atoms. The highest BCUT2D eigenvalue weighted by molar-refractivity contribution is 7.07. The van der Waals surface area contributed by atoms with Gasteiger partial charge in [0.25, 0.3) is 5.91 Å². The number of rotatable bonds is 5. The first-order chi connectivity index (χ1) is 11.6. The normalized spacial score (nSPS) is 15.8. The number of carbonyl (C=O) groups excluding carboxylic acids is 2. The van der Waals surface area contributed by atoms with Gasteiger partial charge >= 0.3 is 0 Å². The fraction of sp³-hybridized carbons (Fsp3) is 0.353. The quantitative estimate of drug-likeness (QED) is 0.902. The topological polar surface area (TPSA) is 72.7 Å². The molecule has 1 atom stereocenters. The number of ether oxygens (including phenoxy) is 1. The Kier molecular flexibility index (Phi) is 4.80. The van der Waals surface area contributed by atoms with Crippen LogP contribution in [0.2, 0.25) is 0 Å². The summed E-state index contributed by atoms with van der Waals surface area (Å²) in [6.45, 7) is 1.81. The first-order valence-electron chi connectivity index (χ1n) is 7.77. The standard InChI is InChI=1S/C17H19N3O3S/c1-11(15(21)18-13-6-7-13)20-8-9-24-17(20)19-16(22)12-4-3-5-14(10-12)23-2/h3-5,8-11,13H,6-7H2,1-2H3,(H,18,21)/t11-/m1/s1. The van der Waals surface area contributed by atoms with Gasteiger partial charge in [-0.2, -0.15) is 4.99 Å². The monoisotopic (exact) mass is 345 g/mol. The second-order valence-corrected chi connectivity index (χ2v) is 6.57. The van der Waals surface area contributed by atoms with E-state index in [4.69, 9.17) is 4.74 Å². The summed E-state index contributed by atoms with van der Waals surface area (Å²) < 4.78 is 6.85. The first kappa shape index (κ1) is 16.4. The van der Waals surface area contributed by atoms with Gasteiger partial charge in [-0.25, -0.2) is 0 Å². The minimum Gasteiger partial charge on any atom is -0.497 e. The second-order valence-electron chi connectivity index (χ2n) is 5.70. The van der Waals surface area contributed by atoms with Crippen molar-refractivity contribution in [3.05, 3.63) is 46.2 Å². The molecular formula is C17H19N3O3S. The third-order valence-electron chi connectivity index (χ3n) is 3.85. The zero-order valence-corrected chi connectivity index (χ0v) is 14.4. The van der Waals surface area contributed by atoms with E-state index in [9.17, 15) is 9.59 Å². The first-order valence-corrected chi connectivity index (χ1v) is 8.65. The molecule has 24 heavy (non-hydrogen) atoms. The average Bonchev–Trinajstić information content (AvgIpc) is 3.29. The molecular weight excluding hydrogens is 326 g/mol. The van der Waals surface area contributed by atoms with E-state index in [0.717, 1.165) is 12.8 Å². The summed E-state index contributed by atoms with van der Waals surface area (Å²) in [5.41, 5.74) is 0.449.